The number of carbonyl (C=O) groups excluding carboxylic acids is 2. The highest BCUT2D eigenvalue weighted by Gasteiger charge is 2.44. The first-order chi connectivity index (χ1) is 11.8. The zero-order valence-electron chi connectivity index (χ0n) is 14.8. The number of likely N-dealkylation sites (N-methyl/N-ethyl adjacent to an activating group) is 1. The Kier molecular flexibility index (Phi) is 5.58. The van der Waals surface area contributed by atoms with Crippen LogP contribution >= 0.6 is 0 Å². The van der Waals surface area contributed by atoms with Crippen molar-refractivity contribution in [1.82, 2.24) is 20.0 Å². The van der Waals surface area contributed by atoms with E-state index in [0.717, 1.165) is 39.0 Å². The molecule has 0 saturated carbocycles. The molecule has 0 aromatic heterocycles. The number of nitrogens with zero attached hydrogens (tertiary/aromatic N) is 3. The Bertz CT molecular complexity index is 501. The number of amides is 2. The molecular weight excluding hydrogens is 330 g/mol. The summed E-state index contributed by atoms with van der Waals surface area (Å²) in [7, 11) is 2.06. The molecule has 3 fully saturated rings. The maximum absolute atomic E-state index is 13.3. The molecule has 3 aliphatic rings. The van der Waals surface area contributed by atoms with E-state index in [1.165, 1.54) is 0 Å². The van der Waals surface area contributed by atoms with Crippen LogP contribution in [0.4, 0.5) is 8.78 Å². The van der Waals surface area contributed by atoms with E-state index in [4.69, 9.17) is 0 Å². The van der Waals surface area contributed by atoms with Crippen LogP contribution in [0, 0.1) is 5.92 Å². The van der Waals surface area contributed by atoms with Gasteiger partial charge in [0, 0.05) is 52.1 Å². The van der Waals surface area contributed by atoms with Crippen molar-refractivity contribution in [1.29, 1.82) is 0 Å². The van der Waals surface area contributed by atoms with Crippen LogP contribution in [-0.4, -0.2) is 91.3 Å². The van der Waals surface area contributed by atoms with Gasteiger partial charge in [0.1, 0.15) is 0 Å². The molecule has 0 aliphatic carbocycles. The van der Waals surface area contributed by atoms with Crippen molar-refractivity contribution in [3.8, 4) is 0 Å². The predicted octanol–water partition coefficient (Wildman–Crippen LogP) is 0.386. The molecule has 3 rings (SSSR count). The molecule has 8 heteroatoms. The second-order valence-corrected chi connectivity index (χ2v) is 7.65. The minimum Gasteiger partial charge on any atom is -0.341 e. The van der Waals surface area contributed by atoms with E-state index in [1.54, 1.807) is 4.90 Å². The zero-order chi connectivity index (χ0) is 18.0. The average Bonchev–Trinajstić information content (AvgIpc) is 2.95. The van der Waals surface area contributed by atoms with Gasteiger partial charge in [0.15, 0.2) is 0 Å². The largest absolute Gasteiger partial charge is 0.341 e. The predicted molar refractivity (Wildman–Crippen MR) is 89.4 cm³/mol. The number of likely N-dealkylation sites (tertiary alicyclic amines) is 1. The zero-order valence-corrected chi connectivity index (χ0v) is 14.8. The summed E-state index contributed by atoms with van der Waals surface area (Å²) in [5.41, 5.74) is 0. The average molecular weight is 358 g/mol. The van der Waals surface area contributed by atoms with E-state index in [-0.39, 0.29) is 17.7 Å². The number of piperazine rings is 1. The minimum atomic E-state index is -2.78. The van der Waals surface area contributed by atoms with Gasteiger partial charge in [-0.3, -0.25) is 14.9 Å². The summed E-state index contributed by atoms with van der Waals surface area (Å²) >= 11 is 0. The van der Waals surface area contributed by atoms with Gasteiger partial charge in [-0.2, -0.15) is 0 Å². The maximum Gasteiger partial charge on any atom is 0.262 e. The van der Waals surface area contributed by atoms with E-state index in [0.29, 0.717) is 19.5 Å². The molecule has 1 unspecified atom stereocenters. The molecule has 3 heterocycles. The van der Waals surface area contributed by atoms with Crippen molar-refractivity contribution < 1.29 is 18.4 Å². The van der Waals surface area contributed by atoms with Crippen molar-refractivity contribution >= 4 is 11.8 Å². The third-order valence-electron chi connectivity index (χ3n) is 5.65. The van der Waals surface area contributed by atoms with Gasteiger partial charge in [-0.15, -0.1) is 0 Å². The van der Waals surface area contributed by atoms with E-state index >= 15 is 0 Å². The Morgan fingerprint density at radius 3 is 2.24 bits per heavy atom. The Morgan fingerprint density at radius 1 is 1.04 bits per heavy atom. The quantitative estimate of drug-likeness (QED) is 0.793. The summed E-state index contributed by atoms with van der Waals surface area (Å²) < 4.78 is 26.5. The lowest BCUT2D eigenvalue weighted by molar-refractivity contribution is -0.136. The van der Waals surface area contributed by atoms with Crippen LogP contribution in [0.3, 0.4) is 0 Å². The Labute approximate surface area is 147 Å². The number of halogens is 2. The van der Waals surface area contributed by atoms with Crippen LogP contribution in [0.1, 0.15) is 25.7 Å². The second-order valence-electron chi connectivity index (χ2n) is 7.65. The second kappa shape index (κ2) is 7.53. The van der Waals surface area contributed by atoms with Crippen LogP contribution in [0.15, 0.2) is 0 Å². The first-order valence-corrected chi connectivity index (χ1v) is 9.20. The highest BCUT2D eigenvalue weighted by atomic mass is 19.3. The number of piperidine rings is 1. The van der Waals surface area contributed by atoms with Gasteiger partial charge in [-0.1, -0.05) is 0 Å². The molecule has 0 bridgehead atoms. The van der Waals surface area contributed by atoms with Crippen LogP contribution in [-0.2, 0) is 9.59 Å². The molecule has 142 valence electrons. The smallest absolute Gasteiger partial charge is 0.262 e. The van der Waals surface area contributed by atoms with E-state index in [2.05, 4.69) is 17.3 Å². The van der Waals surface area contributed by atoms with Crippen molar-refractivity contribution in [3.05, 3.63) is 0 Å². The van der Waals surface area contributed by atoms with E-state index in [1.807, 2.05) is 4.90 Å². The SMILES string of the molecule is CN1CCN(C(=O)CC2CCN(C(=O)C3CC(F)(F)CN3)CC2)CC1. The molecule has 0 aromatic carbocycles. The fraction of sp³-hybridized carbons (Fsp3) is 0.882. The van der Waals surface area contributed by atoms with Gasteiger partial charge >= 0.3 is 0 Å². The lowest BCUT2D eigenvalue weighted by Gasteiger charge is -2.36. The molecule has 6 nitrogen and oxygen atoms in total. The van der Waals surface area contributed by atoms with Gasteiger partial charge in [-0.25, -0.2) is 8.78 Å². The molecule has 1 N–H and O–H groups in total. The summed E-state index contributed by atoms with van der Waals surface area (Å²) in [5, 5.41) is 2.63. The molecule has 0 radical (unpaired) electrons. The number of alkyl halides is 2. The lowest BCUT2D eigenvalue weighted by atomic mass is 9.92. The third kappa shape index (κ3) is 4.67. The molecule has 3 saturated heterocycles. The Hall–Kier alpha value is -1.28. The molecule has 1 atom stereocenters. The van der Waals surface area contributed by atoms with E-state index < -0.39 is 24.9 Å². The van der Waals surface area contributed by atoms with E-state index in [9.17, 15) is 18.4 Å². The third-order valence-corrected chi connectivity index (χ3v) is 5.65. The van der Waals surface area contributed by atoms with Crippen molar-refractivity contribution in [3.63, 3.8) is 0 Å². The van der Waals surface area contributed by atoms with Crippen molar-refractivity contribution in [2.45, 2.75) is 37.6 Å². The van der Waals surface area contributed by atoms with Gasteiger partial charge in [-0.05, 0) is 25.8 Å². The first kappa shape index (κ1) is 18.5. The van der Waals surface area contributed by atoms with Crippen LogP contribution < -0.4 is 5.32 Å². The normalized spacial score (nSPS) is 28.4. The fourth-order valence-corrected chi connectivity index (χ4v) is 3.90. The summed E-state index contributed by atoms with van der Waals surface area (Å²) in [5.74, 6) is -2.52. The summed E-state index contributed by atoms with van der Waals surface area (Å²) in [6.07, 6.45) is 1.67. The number of rotatable bonds is 3. The van der Waals surface area contributed by atoms with Gasteiger partial charge in [0.25, 0.3) is 5.92 Å². The highest BCUT2D eigenvalue weighted by Crippen LogP contribution is 2.28. The van der Waals surface area contributed by atoms with Crippen LogP contribution in [0.5, 0.6) is 0 Å². The van der Waals surface area contributed by atoms with Gasteiger partial charge in [0.05, 0.1) is 12.6 Å². The number of hydrogen-bond donors (Lipinski definition) is 1. The van der Waals surface area contributed by atoms with Crippen LogP contribution in [0.2, 0.25) is 0 Å². The van der Waals surface area contributed by atoms with Crippen LogP contribution in [0.25, 0.3) is 0 Å². The first-order valence-electron chi connectivity index (χ1n) is 9.20. The maximum atomic E-state index is 13.3. The van der Waals surface area contributed by atoms with Crippen molar-refractivity contribution in [2.24, 2.45) is 5.92 Å². The van der Waals surface area contributed by atoms with Gasteiger partial charge in [0.2, 0.25) is 11.8 Å². The summed E-state index contributed by atoms with van der Waals surface area (Å²) in [6.45, 7) is 4.10. The Morgan fingerprint density at radius 2 is 1.68 bits per heavy atom. The number of hydrogen-bond acceptors (Lipinski definition) is 4. The highest BCUT2D eigenvalue weighted by molar-refractivity contribution is 5.82. The monoisotopic (exact) mass is 358 g/mol. The molecular formula is C17H28F2N4O2. The Balaban J connectivity index is 1.41. The number of carbonyl (C=O) groups is 2. The summed E-state index contributed by atoms with van der Waals surface area (Å²) in [6, 6.07) is -0.765. The fourth-order valence-electron chi connectivity index (χ4n) is 3.90. The minimum absolute atomic E-state index is 0.204. The molecule has 3 aliphatic heterocycles. The summed E-state index contributed by atoms with van der Waals surface area (Å²) in [4.78, 5) is 30.6. The topological polar surface area (TPSA) is 55.9 Å². The van der Waals surface area contributed by atoms with Crippen molar-refractivity contribution in [2.75, 3.05) is 52.9 Å². The molecule has 2 amide bonds. The van der Waals surface area contributed by atoms with Gasteiger partial charge < -0.3 is 14.7 Å². The standard InChI is InChI=1S/C17H28F2N4O2/c1-21-6-8-22(9-7-21)15(24)10-13-2-4-23(5-3-13)16(25)14-11-17(18,19)12-20-14/h13-14,20H,2-12H2,1H3. The molecule has 0 aromatic rings. The molecule has 25 heavy (non-hydrogen) atoms. The lowest BCUT2D eigenvalue weighted by Crippen LogP contribution is -2.49. The molecule has 0 spiro atoms. The number of nitrogens with one attached hydrogen (secondary N) is 1.